The van der Waals surface area contributed by atoms with Crippen LogP contribution in [-0.2, 0) is 7.05 Å². The van der Waals surface area contributed by atoms with Gasteiger partial charge in [0.1, 0.15) is 5.69 Å². The van der Waals surface area contributed by atoms with E-state index in [-0.39, 0.29) is 11.6 Å². The lowest BCUT2D eigenvalue weighted by atomic mass is 10.1. The molecule has 0 atom stereocenters. The van der Waals surface area contributed by atoms with Gasteiger partial charge in [0, 0.05) is 36.3 Å². The second-order valence-electron chi connectivity index (χ2n) is 4.64. The molecule has 1 amide bonds. The number of anilines is 1. The molecule has 0 aliphatic heterocycles. The van der Waals surface area contributed by atoms with Crippen molar-refractivity contribution in [1.29, 1.82) is 0 Å². The van der Waals surface area contributed by atoms with Crippen molar-refractivity contribution in [1.82, 2.24) is 14.8 Å². The Labute approximate surface area is 134 Å². The highest BCUT2D eigenvalue weighted by molar-refractivity contribution is 7.14. The molecule has 2 heterocycles. The largest absolute Gasteiger partial charge is 0.296 e. The van der Waals surface area contributed by atoms with Crippen molar-refractivity contribution < 1.29 is 9.72 Å². The van der Waals surface area contributed by atoms with Crippen LogP contribution in [0, 0.1) is 10.1 Å². The third-order valence-electron chi connectivity index (χ3n) is 3.13. The number of benzene rings is 1. The first-order valence-electron chi connectivity index (χ1n) is 6.54. The van der Waals surface area contributed by atoms with Crippen LogP contribution in [0.15, 0.2) is 41.9 Å². The molecule has 8 nitrogen and oxygen atoms in total. The van der Waals surface area contributed by atoms with Gasteiger partial charge < -0.3 is 0 Å². The summed E-state index contributed by atoms with van der Waals surface area (Å²) in [5, 5.41) is 19.6. The molecule has 23 heavy (non-hydrogen) atoms. The summed E-state index contributed by atoms with van der Waals surface area (Å²) >= 11 is 1.25. The summed E-state index contributed by atoms with van der Waals surface area (Å²) in [6.45, 7) is 0. The van der Waals surface area contributed by atoms with Gasteiger partial charge in [0.05, 0.1) is 10.6 Å². The van der Waals surface area contributed by atoms with E-state index in [2.05, 4.69) is 15.4 Å². The molecular formula is C14H11N5O3S. The minimum atomic E-state index is -0.457. The van der Waals surface area contributed by atoms with Gasteiger partial charge in [-0.2, -0.15) is 5.10 Å². The first-order valence-corrected chi connectivity index (χ1v) is 7.42. The normalized spacial score (nSPS) is 10.5. The predicted molar refractivity (Wildman–Crippen MR) is 85.4 cm³/mol. The third-order valence-corrected chi connectivity index (χ3v) is 3.89. The fourth-order valence-electron chi connectivity index (χ4n) is 2.00. The molecule has 0 bridgehead atoms. The Hall–Kier alpha value is -3.07. The first kappa shape index (κ1) is 14.9. The number of carbonyl (C=O) groups excluding carboxylic acids is 1. The van der Waals surface area contributed by atoms with E-state index in [0.717, 1.165) is 0 Å². The van der Waals surface area contributed by atoms with E-state index in [1.807, 2.05) is 0 Å². The number of rotatable bonds is 4. The van der Waals surface area contributed by atoms with Crippen LogP contribution < -0.4 is 5.32 Å². The molecule has 9 heteroatoms. The van der Waals surface area contributed by atoms with Crippen LogP contribution in [0.25, 0.3) is 11.3 Å². The van der Waals surface area contributed by atoms with Crippen molar-refractivity contribution in [2.24, 2.45) is 7.05 Å². The summed E-state index contributed by atoms with van der Waals surface area (Å²) in [7, 11) is 1.67. The van der Waals surface area contributed by atoms with E-state index in [4.69, 9.17) is 0 Å². The maximum atomic E-state index is 12.1. The predicted octanol–water partition coefficient (Wildman–Crippen LogP) is 2.70. The van der Waals surface area contributed by atoms with E-state index < -0.39 is 4.92 Å². The first-order chi connectivity index (χ1) is 11.0. The molecule has 2 aromatic heterocycles. The molecule has 0 aliphatic rings. The number of hydrogen-bond donors (Lipinski definition) is 1. The molecule has 0 unspecified atom stereocenters. The van der Waals surface area contributed by atoms with Gasteiger partial charge in [0.15, 0.2) is 5.13 Å². The van der Waals surface area contributed by atoms with E-state index in [1.54, 1.807) is 30.6 Å². The number of nitrogens with zero attached hydrogens (tertiary/aromatic N) is 4. The molecule has 0 radical (unpaired) electrons. The molecule has 0 saturated carbocycles. The molecule has 0 saturated heterocycles. The van der Waals surface area contributed by atoms with Crippen LogP contribution in [0.1, 0.15) is 10.5 Å². The topological polar surface area (TPSA) is 103 Å². The van der Waals surface area contributed by atoms with Gasteiger partial charge in [-0.1, -0.05) is 12.1 Å². The third kappa shape index (κ3) is 3.09. The van der Waals surface area contributed by atoms with Crippen molar-refractivity contribution in [3.63, 3.8) is 0 Å². The SMILES string of the molecule is Cn1nccc1C(=O)Nc1nc(-c2cccc([N+](=O)[O-])c2)cs1. The summed E-state index contributed by atoms with van der Waals surface area (Å²) < 4.78 is 1.46. The Morgan fingerprint density at radius 2 is 2.22 bits per heavy atom. The van der Waals surface area contributed by atoms with Gasteiger partial charge in [-0.25, -0.2) is 4.98 Å². The average Bonchev–Trinajstić information content (AvgIpc) is 3.16. The Morgan fingerprint density at radius 1 is 1.39 bits per heavy atom. The number of carbonyl (C=O) groups is 1. The van der Waals surface area contributed by atoms with E-state index in [0.29, 0.717) is 22.1 Å². The van der Waals surface area contributed by atoms with E-state index in [1.165, 1.54) is 34.3 Å². The molecule has 0 fully saturated rings. The van der Waals surface area contributed by atoms with Crippen molar-refractivity contribution in [2.75, 3.05) is 5.32 Å². The molecule has 0 spiro atoms. The number of nitrogens with one attached hydrogen (secondary N) is 1. The monoisotopic (exact) mass is 329 g/mol. The van der Waals surface area contributed by atoms with Crippen LogP contribution in [0.4, 0.5) is 10.8 Å². The average molecular weight is 329 g/mol. The Morgan fingerprint density at radius 3 is 2.91 bits per heavy atom. The van der Waals surface area contributed by atoms with Gasteiger partial charge >= 0.3 is 0 Å². The minimum Gasteiger partial charge on any atom is -0.296 e. The Bertz CT molecular complexity index is 886. The molecule has 1 aromatic carbocycles. The van der Waals surface area contributed by atoms with Crippen molar-refractivity contribution in [3.05, 3.63) is 57.7 Å². The molecule has 3 aromatic rings. The van der Waals surface area contributed by atoms with Crippen LogP contribution >= 0.6 is 11.3 Å². The zero-order chi connectivity index (χ0) is 16.4. The quantitative estimate of drug-likeness (QED) is 0.585. The van der Waals surface area contributed by atoms with Gasteiger partial charge in [0.2, 0.25) is 0 Å². The van der Waals surface area contributed by atoms with Crippen LogP contribution in [0.5, 0.6) is 0 Å². The standard InChI is InChI=1S/C14H11N5O3S/c1-18-12(5-6-15-18)13(20)17-14-16-11(8-23-14)9-3-2-4-10(7-9)19(21)22/h2-8H,1H3,(H,16,17,20). The van der Waals surface area contributed by atoms with Gasteiger partial charge in [-0.3, -0.25) is 24.9 Å². The lowest BCUT2D eigenvalue weighted by Gasteiger charge is -2.01. The zero-order valence-corrected chi connectivity index (χ0v) is 12.8. The number of hydrogen-bond acceptors (Lipinski definition) is 6. The van der Waals surface area contributed by atoms with Crippen molar-refractivity contribution in [2.45, 2.75) is 0 Å². The van der Waals surface area contributed by atoms with Gasteiger partial charge in [-0.05, 0) is 6.07 Å². The van der Waals surface area contributed by atoms with Crippen molar-refractivity contribution >= 4 is 28.1 Å². The number of nitro benzene ring substituents is 1. The number of thiazole rings is 1. The van der Waals surface area contributed by atoms with Gasteiger partial charge in [0.25, 0.3) is 11.6 Å². The minimum absolute atomic E-state index is 0.00373. The molecular weight excluding hydrogens is 318 g/mol. The van der Waals surface area contributed by atoms with Crippen LogP contribution in [0.3, 0.4) is 0 Å². The fourth-order valence-corrected chi connectivity index (χ4v) is 2.72. The smallest absolute Gasteiger partial charge is 0.275 e. The molecule has 1 N–H and O–H groups in total. The zero-order valence-electron chi connectivity index (χ0n) is 12.0. The second-order valence-corrected chi connectivity index (χ2v) is 5.50. The number of aryl methyl sites for hydroxylation is 1. The molecule has 116 valence electrons. The van der Waals surface area contributed by atoms with Crippen LogP contribution in [0.2, 0.25) is 0 Å². The van der Waals surface area contributed by atoms with Gasteiger partial charge in [-0.15, -0.1) is 11.3 Å². The highest BCUT2D eigenvalue weighted by atomic mass is 32.1. The second kappa shape index (κ2) is 5.97. The molecule has 0 aliphatic carbocycles. The maximum Gasteiger partial charge on any atom is 0.275 e. The summed E-state index contributed by atoms with van der Waals surface area (Å²) in [4.78, 5) is 26.7. The summed E-state index contributed by atoms with van der Waals surface area (Å²) in [5.74, 6) is -0.315. The van der Waals surface area contributed by atoms with Crippen molar-refractivity contribution in [3.8, 4) is 11.3 Å². The lowest BCUT2D eigenvalue weighted by Crippen LogP contribution is -2.15. The Balaban J connectivity index is 1.81. The van der Waals surface area contributed by atoms with E-state index in [9.17, 15) is 14.9 Å². The summed E-state index contributed by atoms with van der Waals surface area (Å²) in [5.41, 5.74) is 1.60. The maximum absolute atomic E-state index is 12.1. The fraction of sp³-hybridized carbons (Fsp3) is 0.0714. The van der Waals surface area contributed by atoms with Crippen LogP contribution in [-0.4, -0.2) is 25.6 Å². The summed E-state index contributed by atoms with van der Waals surface area (Å²) in [6, 6.07) is 7.79. The number of aromatic nitrogens is 3. The number of amides is 1. The highest BCUT2D eigenvalue weighted by Crippen LogP contribution is 2.27. The summed E-state index contributed by atoms with van der Waals surface area (Å²) in [6.07, 6.45) is 1.53. The Kier molecular flexibility index (Phi) is 3.85. The number of non-ortho nitro benzene ring substituents is 1. The highest BCUT2D eigenvalue weighted by Gasteiger charge is 2.14. The van der Waals surface area contributed by atoms with E-state index >= 15 is 0 Å². The molecule has 3 rings (SSSR count). The lowest BCUT2D eigenvalue weighted by molar-refractivity contribution is -0.384. The number of nitro groups is 1.